The third kappa shape index (κ3) is 1.73. The zero-order chi connectivity index (χ0) is 14.4. The molecule has 8 heteroatoms. The molecular formula is C13H10N6OS. The number of nitrogens with zero attached hydrogens (tertiary/aromatic N) is 4. The van der Waals surface area contributed by atoms with Gasteiger partial charge in [-0.15, -0.1) is 10.2 Å². The average Bonchev–Trinajstić information content (AvgIpc) is 3.13. The number of rotatable bonds is 2. The normalized spacial score (nSPS) is 11.3. The number of methoxy groups -OCH3 is 1. The lowest BCUT2D eigenvalue weighted by Gasteiger charge is -2.02. The second-order valence-electron chi connectivity index (χ2n) is 4.47. The van der Waals surface area contributed by atoms with E-state index >= 15 is 0 Å². The van der Waals surface area contributed by atoms with Crippen LogP contribution in [-0.4, -0.2) is 36.7 Å². The molecule has 0 aliphatic heterocycles. The Labute approximate surface area is 123 Å². The molecule has 2 N–H and O–H groups in total. The molecular weight excluding hydrogens is 288 g/mol. The quantitative estimate of drug-likeness (QED) is 0.555. The van der Waals surface area contributed by atoms with E-state index in [1.54, 1.807) is 17.8 Å². The largest absolute Gasteiger partial charge is 0.497 e. The Morgan fingerprint density at radius 3 is 2.76 bits per heavy atom. The molecule has 0 saturated heterocycles. The van der Waals surface area contributed by atoms with Gasteiger partial charge in [0.05, 0.1) is 13.4 Å². The van der Waals surface area contributed by atoms with Gasteiger partial charge in [-0.25, -0.2) is 9.38 Å². The van der Waals surface area contributed by atoms with E-state index in [2.05, 4.69) is 25.1 Å². The maximum absolute atomic E-state index is 5.39. The van der Waals surface area contributed by atoms with Crippen LogP contribution >= 0.6 is 12.2 Å². The van der Waals surface area contributed by atoms with E-state index in [1.165, 1.54) is 0 Å². The molecule has 4 rings (SSSR count). The summed E-state index contributed by atoms with van der Waals surface area (Å²) >= 11 is 5.39. The Bertz CT molecular complexity index is 997. The molecule has 0 radical (unpaired) electrons. The molecule has 0 atom stereocenters. The van der Waals surface area contributed by atoms with Gasteiger partial charge in [-0.05, 0) is 36.5 Å². The lowest BCUT2D eigenvalue weighted by atomic mass is 10.2. The monoisotopic (exact) mass is 298 g/mol. The van der Waals surface area contributed by atoms with Gasteiger partial charge in [0.2, 0.25) is 0 Å². The summed E-state index contributed by atoms with van der Waals surface area (Å²) in [5, 5.41) is 8.45. The van der Waals surface area contributed by atoms with E-state index in [-0.39, 0.29) is 0 Å². The highest BCUT2D eigenvalue weighted by Gasteiger charge is 2.14. The lowest BCUT2D eigenvalue weighted by Crippen LogP contribution is -1.95. The van der Waals surface area contributed by atoms with Gasteiger partial charge in [0.15, 0.2) is 21.8 Å². The highest BCUT2D eigenvalue weighted by Crippen LogP contribution is 2.23. The molecule has 0 unspecified atom stereocenters. The number of H-pyrrole nitrogens is 2. The maximum atomic E-state index is 5.39. The summed E-state index contributed by atoms with van der Waals surface area (Å²) in [5.74, 6) is 1.45. The van der Waals surface area contributed by atoms with Crippen LogP contribution in [0.2, 0.25) is 0 Å². The molecule has 3 heterocycles. The minimum atomic E-state index is 0.512. The summed E-state index contributed by atoms with van der Waals surface area (Å²) in [5.41, 5.74) is 2.97. The van der Waals surface area contributed by atoms with Crippen LogP contribution in [0.15, 0.2) is 30.6 Å². The van der Waals surface area contributed by atoms with Gasteiger partial charge in [-0.3, -0.25) is 0 Å². The summed E-state index contributed by atoms with van der Waals surface area (Å²) in [6.07, 6.45) is 1.59. The van der Waals surface area contributed by atoms with Gasteiger partial charge in [-0.2, -0.15) is 0 Å². The summed E-state index contributed by atoms with van der Waals surface area (Å²) < 4.78 is 7.45. The number of aromatic amines is 2. The van der Waals surface area contributed by atoms with Crippen molar-refractivity contribution < 1.29 is 4.74 Å². The van der Waals surface area contributed by atoms with Crippen LogP contribution in [0.3, 0.4) is 0 Å². The van der Waals surface area contributed by atoms with E-state index < -0.39 is 0 Å². The molecule has 0 spiro atoms. The van der Waals surface area contributed by atoms with Crippen molar-refractivity contribution in [1.29, 1.82) is 0 Å². The number of benzene rings is 1. The van der Waals surface area contributed by atoms with Gasteiger partial charge in [0.1, 0.15) is 11.4 Å². The van der Waals surface area contributed by atoms with Gasteiger partial charge >= 0.3 is 0 Å². The maximum Gasteiger partial charge on any atom is 0.193 e. The number of hydrogen-bond donors (Lipinski definition) is 2. The van der Waals surface area contributed by atoms with Crippen molar-refractivity contribution in [2.45, 2.75) is 0 Å². The Balaban J connectivity index is 2.02. The molecule has 4 aromatic rings. The van der Waals surface area contributed by atoms with Crippen LogP contribution in [0.1, 0.15) is 0 Å². The highest BCUT2D eigenvalue weighted by molar-refractivity contribution is 7.71. The van der Waals surface area contributed by atoms with Crippen molar-refractivity contribution in [1.82, 2.24) is 29.5 Å². The van der Waals surface area contributed by atoms with E-state index in [0.717, 1.165) is 17.0 Å². The van der Waals surface area contributed by atoms with Crippen LogP contribution in [0.4, 0.5) is 0 Å². The van der Waals surface area contributed by atoms with E-state index in [9.17, 15) is 0 Å². The predicted molar refractivity (Wildman–Crippen MR) is 79.8 cm³/mol. The van der Waals surface area contributed by atoms with Gasteiger partial charge < -0.3 is 14.7 Å². The fourth-order valence-corrected chi connectivity index (χ4v) is 2.55. The highest BCUT2D eigenvalue weighted by atomic mass is 32.1. The van der Waals surface area contributed by atoms with Crippen molar-refractivity contribution in [2.24, 2.45) is 0 Å². The van der Waals surface area contributed by atoms with Crippen molar-refractivity contribution in [3.63, 3.8) is 0 Å². The predicted octanol–water partition coefficient (Wildman–Crippen LogP) is 2.34. The van der Waals surface area contributed by atoms with E-state index in [1.807, 2.05) is 24.3 Å². The van der Waals surface area contributed by atoms with Crippen LogP contribution < -0.4 is 4.74 Å². The summed E-state index contributed by atoms with van der Waals surface area (Å²) in [6, 6.07) is 7.57. The van der Waals surface area contributed by atoms with E-state index in [4.69, 9.17) is 17.0 Å². The minimum Gasteiger partial charge on any atom is -0.497 e. The molecule has 0 fully saturated rings. The number of nitrogens with one attached hydrogen (secondary N) is 2. The van der Waals surface area contributed by atoms with Crippen molar-refractivity contribution in [3.05, 3.63) is 35.4 Å². The number of aromatic nitrogens is 6. The van der Waals surface area contributed by atoms with Gasteiger partial charge in [0, 0.05) is 5.56 Å². The summed E-state index contributed by atoms with van der Waals surface area (Å²) in [7, 11) is 1.63. The first-order chi connectivity index (χ1) is 10.3. The van der Waals surface area contributed by atoms with Crippen LogP contribution in [0.5, 0.6) is 5.75 Å². The third-order valence-electron chi connectivity index (χ3n) is 3.30. The first-order valence-corrected chi connectivity index (χ1v) is 6.63. The van der Waals surface area contributed by atoms with Gasteiger partial charge in [0.25, 0.3) is 0 Å². The third-order valence-corrected chi connectivity index (χ3v) is 3.58. The fourth-order valence-electron chi connectivity index (χ4n) is 2.28. The standard InChI is InChI=1S/C13H10N6OS/c1-20-8-4-2-7(3-5-8)11-17-18-12-9-10(15-6-14-9)16-13(21)19(11)12/h2-6H,1H3,(H,14,15)(H,16,21). The zero-order valence-electron chi connectivity index (χ0n) is 11.0. The number of imidazole rings is 1. The smallest absolute Gasteiger partial charge is 0.193 e. The van der Waals surface area contributed by atoms with Crippen LogP contribution in [0.25, 0.3) is 28.2 Å². The van der Waals surface area contributed by atoms with Crippen molar-refractivity contribution in [3.8, 4) is 17.1 Å². The minimum absolute atomic E-state index is 0.512. The summed E-state index contributed by atoms with van der Waals surface area (Å²) in [4.78, 5) is 10.3. The van der Waals surface area contributed by atoms with Crippen LogP contribution in [-0.2, 0) is 0 Å². The Morgan fingerprint density at radius 2 is 2.00 bits per heavy atom. The first-order valence-electron chi connectivity index (χ1n) is 6.23. The molecule has 104 valence electrons. The molecule has 7 nitrogen and oxygen atoms in total. The molecule has 0 bridgehead atoms. The molecule has 21 heavy (non-hydrogen) atoms. The first kappa shape index (κ1) is 12.0. The molecule has 3 aromatic heterocycles. The van der Waals surface area contributed by atoms with Crippen LogP contribution in [0, 0.1) is 4.77 Å². The lowest BCUT2D eigenvalue weighted by molar-refractivity contribution is 0.415. The van der Waals surface area contributed by atoms with Crippen molar-refractivity contribution >= 4 is 29.0 Å². The average molecular weight is 298 g/mol. The number of hydrogen-bond acceptors (Lipinski definition) is 5. The topological polar surface area (TPSA) is 83.9 Å². The summed E-state index contributed by atoms with van der Waals surface area (Å²) in [6.45, 7) is 0. The number of fused-ring (bicyclic) bond motifs is 3. The van der Waals surface area contributed by atoms with Crippen molar-refractivity contribution in [2.75, 3.05) is 7.11 Å². The Kier molecular flexibility index (Phi) is 2.51. The second-order valence-corrected chi connectivity index (χ2v) is 4.85. The SMILES string of the molecule is COc1ccc(-c2nnc3c4nc[nH]c4[nH]c(=S)n23)cc1. The fraction of sp³-hybridized carbons (Fsp3) is 0.0769. The Hall–Kier alpha value is -2.74. The molecule has 0 saturated carbocycles. The molecule has 0 aliphatic carbocycles. The number of ether oxygens (including phenoxy) is 1. The molecule has 0 aliphatic rings. The van der Waals surface area contributed by atoms with E-state index in [0.29, 0.717) is 21.8 Å². The Morgan fingerprint density at radius 1 is 1.19 bits per heavy atom. The molecule has 0 amide bonds. The molecule has 1 aromatic carbocycles. The zero-order valence-corrected chi connectivity index (χ0v) is 11.8. The van der Waals surface area contributed by atoms with Gasteiger partial charge in [-0.1, -0.05) is 0 Å². The second kappa shape index (κ2) is 4.38.